The molecule has 9 heteroatoms. The molecule has 2 aromatic heterocycles. The van der Waals surface area contributed by atoms with Crippen molar-refractivity contribution in [1.29, 1.82) is 0 Å². The third kappa shape index (κ3) is 4.68. The van der Waals surface area contributed by atoms with Crippen LogP contribution in [0, 0.1) is 6.92 Å². The number of rotatable bonds is 7. The predicted octanol–water partition coefficient (Wildman–Crippen LogP) is 4.08. The van der Waals surface area contributed by atoms with Gasteiger partial charge in [-0.05, 0) is 54.4 Å². The summed E-state index contributed by atoms with van der Waals surface area (Å²) in [6, 6.07) is 14.2. The molecule has 0 radical (unpaired) electrons. The second-order valence-electron chi connectivity index (χ2n) is 7.02. The number of anilines is 1. The monoisotopic (exact) mass is 448 g/mol. The van der Waals surface area contributed by atoms with Crippen molar-refractivity contribution in [2.24, 2.45) is 5.73 Å². The van der Waals surface area contributed by atoms with Gasteiger partial charge in [0.2, 0.25) is 11.8 Å². The first-order chi connectivity index (χ1) is 15.4. The highest BCUT2D eigenvalue weighted by molar-refractivity contribution is 7.22. The van der Waals surface area contributed by atoms with Crippen LogP contribution in [0.3, 0.4) is 0 Å². The minimum atomic E-state index is -0.648. The topological polar surface area (TPSA) is 116 Å². The fourth-order valence-electron chi connectivity index (χ4n) is 3.11. The van der Waals surface area contributed by atoms with E-state index in [4.69, 9.17) is 15.2 Å². The Morgan fingerprint density at radius 1 is 1.12 bits per heavy atom. The molecule has 4 aromatic rings. The third-order valence-corrected chi connectivity index (χ3v) is 5.58. The normalized spacial score (nSPS) is 10.7. The van der Waals surface area contributed by atoms with Gasteiger partial charge in [-0.1, -0.05) is 23.5 Å². The van der Waals surface area contributed by atoms with Gasteiger partial charge in [-0.2, -0.15) is 0 Å². The van der Waals surface area contributed by atoms with E-state index in [1.54, 1.807) is 24.3 Å². The molecule has 0 spiro atoms. The van der Waals surface area contributed by atoms with Crippen molar-refractivity contribution in [2.75, 3.05) is 12.4 Å². The summed E-state index contributed by atoms with van der Waals surface area (Å²) in [4.78, 5) is 32.7. The number of fused-ring (bicyclic) bond motifs is 1. The number of carbonyl (C=O) groups excluding carboxylic acids is 2. The van der Waals surface area contributed by atoms with Crippen LogP contribution in [0.1, 0.15) is 21.5 Å². The van der Waals surface area contributed by atoms with Gasteiger partial charge in [0.1, 0.15) is 5.56 Å². The number of ether oxygens (including phenoxy) is 2. The average Bonchev–Trinajstić information content (AvgIpc) is 3.16. The van der Waals surface area contributed by atoms with E-state index in [-0.39, 0.29) is 23.8 Å². The van der Waals surface area contributed by atoms with E-state index in [0.717, 1.165) is 21.3 Å². The standard InChI is InChI=1S/C23H20N4O4S/c1-13-5-8-19-16(10-13)26-23(32-19)27-20(28)12-14-6-7-17(18(11-14)30-2)31-22-15(21(24)29)4-3-9-25-22/h3-11H,12H2,1-2H3,(H2,24,29)(H,26,27,28). The molecule has 162 valence electrons. The molecule has 0 aliphatic rings. The summed E-state index contributed by atoms with van der Waals surface area (Å²) < 4.78 is 12.2. The molecular weight excluding hydrogens is 428 g/mol. The van der Waals surface area contributed by atoms with Crippen LogP contribution in [-0.4, -0.2) is 28.9 Å². The number of methoxy groups -OCH3 is 1. The molecule has 0 aliphatic heterocycles. The molecule has 8 nitrogen and oxygen atoms in total. The molecule has 0 saturated heterocycles. The largest absolute Gasteiger partial charge is 0.493 e. The van der Waals surface area contributed by atoms with Crippen molar-refractivity contribution in [1.82, 2.24) is 9.97 Å². The SMILES string of the molecule is COc1cc(CC(=O)Nc2nc3cc(C)ccc3s2)ccc1Oc1ncccc1C(N)=O. The minimum absolute atomic E-state index is 0.0786. The third-order valence-electron chi connectivity index (χ3n) is 4.63. The summed E-state index contributed by atoms with van der Waals surface area (Å²) in [5.74, 6) is -0.0243. The van der Waals surface area contributed by atoms with E-state index in [1.165, 1.54) is 30.7 Å². The van der Waals surface area contributed by atoms with Crippen molar-refractivity contribution in [3.63, 3.8) is 0 Å². The number of aromatic nitrogens is 2. The predicted molar refractivity (Wildman–Crippen MR) is 123 cm³/mol. The van der Waals surface area contributed by atoms with Gasteiger partial charge >= 0.3 is 0 Å². The van der Waals surface area contributed by atoms with Crippen molar-refractivity contribution in [3.05, 3.63) is 71.4 Å². The Kier molecular flexibility index (Phi) is 6.00. The fourth-order valence-corrected chi connectivity index (χ4v) is 3.97. The highest BCUT2D eigenvalue weighted by Crippen LogP contribution is 2.33. The van der Waals surface area contributed by atoms with E-state index in [2.05, 4.69) is 15.3 Å². The van der Waals surface area contributed by atoms with Crippen LogP contribution in [0.5, 0.6) is 17.4 Å². The maximum Gasteiger partial charge on any atom is 0.254 e. The number of nitrogens with two attached hydrogens (primary N) is 1. The van der Waals surface area contributed by atoms with E-state index >= 15 is 0 Å². The van der Waals surface area contributed by atoms with Crippen molar-refractivity contribution in [2.45, 2.75) is 13.3 Å². The van der Waals surface area contributed by atoms with Crippen molar-refractivity contribution in [3.8, 4) is 17.4 Å². The maximum atomic E-state index is 12.5. The zero-order chi connectivity index (χ0) is 22.7. The van der Waals surface area contributed by atoms with E-state index < -0.39 is 5.91 Å². The van der Waals surface area contributed by atoms with Crippen molar-refractivity contribution >= 4 is 38.5 Å². The summed E-state index contributed by atoms with van der Waals surface area (Å²) in [7, 11) is 1.49. The Bertz CT molecular complexity index is 1320. The summed E-state index contributed by atoms with van der Waals surface area (Å²) >= 11 is 1.43. The zero-order valence-electron chi connectivity index (χ0n) is 17.4. The van der Waals surface area contributed by atoms with E-state index in [9.17, 15) is 9.59 Å². The lowest BCUT2D eigenvalue weighted by molar-refractivity contribution is -0.115. The van der Waals surface area contributed by atoms with Crippen LogP contribution in [0.2, 0.25) is 0 Å². The highest BCUT2D eigenvalue weighted by Gasteiger charge is 2.15. The first kappa shape index (κ1) is 21.3. The number of carbonyl (C=O) groups is 2. The van der Waals surface area contributed by atoms with Gasteiger partial charge in [0.15, 0.2) is 16.6 Å². The lowest BCUT2D eigenvalue weighted by atomic mass is 10.1. The molecule has 0 atom stereocenters. The Labute approximate surface area is 188 Å². The molecule has 0 fully saturated rings. The van der Waals surface area contributed by atoms with Crippen LogP contribution >= 0.6 is 11.3 Å². The molecule has 4 rings (SSSR count). The number of nitrogens with zero attached hydrogens (tertiary/aromatic N) is 2. The number of thiazole rings is 1. The van der Waals surface area contributed by atoms with Gasteiger partial charge in [-0.3, -0.25) is 9.59 Å². The smallest absolute Gasteiger partial charge is 0.254 e. The van der Waals surface area contributed by atoms with E-state index in [1.807, 2.05) is 25.1 Å². The number of hydrogen-bond acceptors (Lipinski definition) is 7. The molecule has 0 bridgehead atoms. The first-order valence-electron chi connectivity index (χ1n) is 9.69. The number of primary amides is 1. The Morgan fingerprint density at radius 3 is 2.75 bits per heavy atom. The Morgan fingerprint density at radius 2 is 1.97 bits per heavy atom. The van der Waals surface area contributed by atoms with Crippen LogP contribution in [-0.2, 0) is 11.2 Å². The summed E-state index contributed by atoms with van der Waals surface area (Å²) in [5.41, 5.74) is 8.23. The molecule has 0 unspecified atom stereocenters. The van der Waals surface area contributed by atoms with E-state index in [0.29, 0.717) is 16.6 Å². The first-order valence-corrected chi connectivity index (χ1v) is 10.5. The Balaban J connectivity index is 1.48. The lowest BCUT2D eigenvalue weighted by Gasteiger charge is -2.12. The van der Waals surface area contributed by atoms with Gasteiger partial charge in [0, 0.05) is 6.20 Å². The lowest BCUT2D eigenvalue weighted by Crippen LogP contribution is -2.14. The second kappa shape index (κ2) is 9.03. The molecule has 2 amide bonds. The minimum Gasteiger partial charge on any atom is -0.493 e. The average molecular weight is 449 g/mol. The number of aryl methyl sites for hydroxylation is 1. The van der Waals surface area contributed by atoms with Gasteiger partial charge in [0.25, 0.3) is 5.91 Å². The molecular formula is C23H20N4O4S. The number of nitrogens with one attached hydrogen (secondary N) is 1. The number of amides is 2. The molecule has 3 N–H and O–H groups in total. The molecule has 2 heterocycles. The number of hydrogen-bond donors (Lipinski definition) is 2. The van der Waals surface area contributed by atoms with Gasteiger partial charge in [0.05, 0.1) is 23.7 Å². The highest BCUT2D eigenvalue weighted by atomic mass is 32.1. The van der Waals surface area contributed by atoms with Crippen LogP contribution in [0.25, 0.3) is 10.2 Å². The van der Waals surface area contributed by atoms with Gasteiger partial charge < -0.3 is 20.5 Å². The molecule has 0 saturated carbocycles. The van der Waals surface area contributed by atoms with Gasteiger partial charge in [-0.15, -0.1) is 0 Å². The maximum absolute atomic E-state index is 12.5. The van der Waals surface area contributed by atoms with Crippen molar-refractivity contribution < 1.29 is 19.1 Å². The molecule has 32 heavy (non-hydrogen) atoms. The van der Waals surface area contributed by atoms with Crippen LogP contribution < -0.4 is 20.5 Å². The number of pyridine rings is 1. The zero-order valence-corrected chi connectivity index (χ0v) is 18.2. The fraction of sp³-hybridized carbons (Fsp3) is 0.130. The summed E-state index contributed by atoms with van der Waals surface area (Å²) in [5, 5.41) is 3.40. The quantitative estimate of drug-likeness (QED) is 0.440. The second-order valence-corrected chi connectivity index (χ2v) is 8.05. The molecule has 2 aromatic carbocycles. The van der Waals surface area contributed by atoms with Crippen LogP contribution in [0.15, 0.2) is 54.7 Å². The summed E-state index contributed by atoms with van der Waals surface area (Å²) in [6.07, 6.45) is 1.62. The number of benzene rings is 2. The summed E-state index contributed by atoms with van der Waals surface area (Å²) in [6.45, 7) is 2.00. The molecule has 0 aliphatic carbocycles. The Hall–Kier alpha value is -3.98. The van der Waals surface area contributed by atoms with Gasteiger partial charge in [-0.25, -0.2) is 9.97 Å². The van der Waals surface area contributed by atoms with Crippen LogP contribution in [0.4, 0.5) is 5.13 Å².